The fourth-order valence-electron chi connectivity index (χ4n) is 2.88. The molecule has 0 bridgehead atoms. The number of nitrogens with one attached hydrogen (secondary N) is 1. The molecule has 0 aromatic carbocycles. The highest BCUT2D eigenvalue weighted by atomic mass is 16.5. The van der Waals surface area contributed by atoms with Crippen LogP contribution < -0.4 is 5.32 Å². The quantitative estimate of drug-likeness (QED) is 0.809. The van der Waals surface area contributed by atoms with Gasteiger partial charge in [0.2, 0.25) is 0 Å². The molecule has 0 saturated heterocycles. The molecular weight excluding hydrogens is 254 g/mol. The highest BCUT2D eigenvalue weighted by Gasteiger charge is 2.23. The van der Waals surface area contributed by atoms with Crippen molar-refractivity contribution < 1.29 is 9.84 Å². The molecule has 1 aromatic heterocycles. The van der Waals surface area contributed by atoms with E-state index in [-0.39, 0.29) is 6.61 Å². The summed E-state index contributed by atoms with van der Waals surface area (Å²) in [5.41, 5.74) is 0.934. The number of aliphatic hydroxyl groups is 1. The average molecular weight is 279 g/mol. The second-order valence-corrected chi connectivity index (χ2v) is 5.58. The summed E-state index contributed by atoms with van der Waals surface area (Å²) < 4.78 is 5.10. The molecule has 2 atom stereocenters. The molecule has 1 heterocycles. The van der Waals surface area contributed by atoms with Gasteiger partial charge in [0.05, 0.1) is 0 Å². The molecule has 0 unspecified atom stereocenters. The molecule has 1 saturated carbocycles. The summed E-state index contributed by atoms with van der Waals surface area (Å²) in [6, 6.07) is 2.26. The van der Waals surface area contributed by atoms with Gasteiger partial charge in [-0.25, -0.2) is 9.97 Å². The largest absolute Gasteiger partial charge is 0.396 e. The molecule has 5 heteroatoms. The van der Waals surface area contributed by atoms with Crippen LogP contribution >= 0.6 is 0 Å². The normalized spacial score (nSPS) is 23.4. The van der Waals surface area contributed by atoms with Gasteiger partial charge < -0.3 is 15.2 Å². The summed E-state index contributed by atoms with van der Waals surface area (Å²) in [6.45, 7) is 2.62. The van der Waals surface area contributed by atoms with Crippen LogP contribution in [0.15, 0.2) is 6.07 Å². The van der Waals surface area contributed by atoms with Crippen LogP contribution in [0.4, 0.5) is 5.82 Å². The number of aromatic nitrogens is 2. The van der Waals surface area contributed by atoms with Crippen LogP contribution in [0.25, 0.3) is 0 Å². The van der Waals surface area contributed by atoms with Crippen LogP contribution in [0, 0.1) is 12.8 Å². The second-order valence-electron chi connectivity index (χ2n) is 5.58. The summed E-state index contributed by atoms with van der Waals surface area (Å²) >= 11 is 0. The number of nitrogens with zero attached hydrogens (tertiary/aromatic N) is 2. The van der Waals surface area contributed by atoms with Gasteiger partial charge in [-0.2, -0.15) is 0 Å². The molecule has 1 fully saturated rings. The molecule has 20 heavy (non-hydrogen) atoms. The van der Waals surface area contributed by atoms with E-state index in [1.807, 2.05) is 13.0 Å². The standard InChI is InChI=1S/C15H25N3O2/c1-11-8-14(18-15(16-11)10-20-2)17-13-7-5-3-4-6-12(13)9-19/h8,12-13,19H,3-7,9-10H2,1-2H3,(H,16,17,18)/t12-,13-/m1/s1. The van der Waals surface area contributed by atoms with Crippen LogP contribution in [0.5, 0.6) is 0 Å². The molecule has 0 radical (unpaired) electrons. The predicted octanol–water partition coefficient (Wildman–Crippen LogP) is 2.28. The van der Waals surface area contributed by atoms with E-state index < -0.39 is 0 Å². The number of anilines is 1. The molecule has 0 spiro atoms. The molecule has 1 aromatic rings. The van der Waals surface area contributed by atoms with Crippen LogP contribution in [-0.4, -0.2) is 34.8 Å². The zero-order valence-electron chi connectivity index (χ0n) is 12.4. The Morgan fingerprint density at radius 1 is 1.30 bits per heavy atom. The summed E-state index contributed by atoms with van der Waals surface area (Å²) in [5.74, 6) is 1.86. The first-order valence-corrected chi connectivity index (χ1v) is 7.44. The molecular formula is C15H25N3O2. The van der Waals surface area contributed by atoms with Gasteiger partial charge in [-0.05, 0) is 19.8 Å². The molecule has 112 valence electrons. The van der Waals surface area contributed by atoms with E-state index in [1.165, 1.54) is 19.3 Å². The van der Waals surface area contributed by atoms with Crippen LogP contribution in [-0.2, 0) is 11.3 Å². The SMILES string of the molecule is COCc1nc(C)cc(N[C@@H]2CCCCC[C@@H]2CO)n1. The molecule has 0 amide bonds. The van der Waals surface area contributed by atoms with Gasteiger partial charge in [0.15, 0.2) is 5.82 Å². The van der Waals surface area contributed by atoms with Gasteiger partial charge in [-0.1, -0.05) is 19.3 Å². The van der Waals surface area contributed by atoms with Gasteiger partial charge in [0.25, 0.3) is 0 Å². The lowest BCUT2D eigenvalue weighted by Gasteiger charge is -2.25. The first-order valence-electron chi connectivity index (χ1n) is 7.44. The van der Waals surface area contributed by atoms with Gasteiger partial charge in [0.1, 0.15) is 12.4 Å². The number of hydrogen-bond donors (Lipinski definition) is 2. The third-order valence-electron chi connectivity index (χ3n) is 3.90. The van der Waals surface area contributed by atoms with Crippen LogP contribution in [0.3, 0.4) is 0 Å². The van der Waals surface area contributed by atoms with Gasteiger partial charge in [0, 0.05) is 37.4 Å². The van der Waals surface area contributed by atoms with Crippen molar-refractivity contribution in [2.45, 2.75) is 51.7 Å². The monoisotopic (exact) mass is 279 g/mol. The Morgan fingerprint density at radius 2 is 2.10 bits per heavy atom. The lowest BCUT2D eigenvalue weighted by Crippen LogP contribution is -2.31. The zero-order chi connectivity index (χ0) is 14.4. The number of aryl methyl sites for hydroxylation is 1. The minimum absolute atomic E-state index is 0.243. The molecule has 0 aliphatic heterocycles. The first kappa shape index (κ1) is 15.2. The summed E-state index contributed by atoms with van der Waals surface area (Å²) in [7, 11) is 1.64. The average Bonchev–Trinajstić information content (AvgIpc) is 2.63. The molecule has 2 rings (SSSR count). The lowest BCUT2D eigenvalue weighted by atomic mass is 9.95. The summed E-state index contributed by atoms with van der Waals surface area (Å²) in [4.78, 5) is 8.84. The summed E-state index contributed by atoms with van der Waals surface area (Å²) in [5, 5.41) is 13.1. The van der Waals surface area contributed by atoms with E-state index in [9.17, 15) is 5.11 Å². The van der Waals surface area contributed by atoms with Gasteiger partial charge >= 0.3 is 0 Å². The Bertz CT molecular complexity index is 426. The smallest absolute Gasteiger partial charge is 0.156 e. The Kier molecular flexibility index (Phi) is 5.73. The Hall–Kier alpha value is -1.20. The number of rotatable bonds is 5. The van der Waals surface area contributed by atoms with Crippen molar-refractivity contribution >= 4 is 5.82 Å². The van der Waals surface area contributed by atoms with Crippen molar-refractivity contribution in [3.63, 3.8) is 0 Å². The highest BCUT2D eigenvalue weighted by molar-refractivity contribution is 5.37. The minimum Gasteiger partial charge on any atom is -0.396 e. The maximum atomic E-state index is 9.57. The molecule has 5 nitrogen and oxygen atoms in total. The molecule has 2 N–H and O–H groups in total. The number of methoxy groups -OCH3 is 1. The Morgan fingerprint density at radius 3 is 2.85 bits per heavy atom. The second kappa shape index (κ2) is 7.55. The van der Waals surface area contributed by atoms with E-state index in [2.05, 4.69) is 15.3 Å². The van der Waals surface area contributed by atoms with Crippen molar-refractivity contribution in [1.29, 1.82) is 0 Å². The van der Waals surface area contributed by atoms with Crippen LogP contribution in [0.2, 0.25) is 0 Å². The van der Waals surface area contributed by atoms with Crippen molar-refractivity contribution in [2.24, 2.45) is 5.92 Å². The predicted molar refractivity (Wildman–Crippen MR) is 78.6 cm³/mol. The van der Waals surface area contributed by atoms with Gasteiger partial charge in [-0.15, -0.1) is 0 Å². The number of hydrogen-bond acceptors (Lipinski definition) is 5. The topological polar surface area (TPSA) is 67.3 Å². The maximum Gasteiger partial charge on any atom is 0.156 e. The van der Waals surface area contributed by atoms with E-state index in [0.29, 0.717) is 24.4 Å². The van der Waals surface area contributed by atoms with Gasteiger partial charge in [-0.3, -0.25) is 0 Å². The third-order valence-corrected chi connectivity index (χ3v) is 3.90. The lowest BCUT2D eigenvalue weighted by molar-refractivity contribution is 0.177. The van der Waals surface area contributed by atoms with E-state index >= 15 is 0 Å². The van der Waals surface area contributed by atoms with Crippen molar-refractivity contribution in [3.8, 4) is 0 Å². The molecule has 1 aliphatic carbocycles. The summed E-state index contributed by atoms with van der Waals surface area (Å²) in [6.07, 6.45) is 5.85. The Labute approximate surface area is 120 Å². The number of ether oxygens (including phenoxy) is 1. The maximum absolute atomic E-state index is 9.57. The van der Waals surface area contributed by atoms with Crippen LogP contribution in [0.1, 0.15) is 43.6 Å². The Balaban J connectivity index is 2.10. The van der Waals surface area contributed by atoms with E-state index in [1.54, 1.807) is 7.11 Å². The van der Waals surface area contributed by atoms with E-state index in [4.69, 9.17) is 4.74 Å². The first-order chi connectivity index (χ1) is 9.72. The third kappa shape index (κ3) is 4.15. The fraction of sp³-hybridized carbons (Fsp3) is 0.733. The minimum atomic E-state index is 0.243. The number of aliphatic hydroxyl groups excluding tert-OH is 1. The van der Waals surface area contributed by atoms with Crippen molar-refractivity contribution in [2.75, 3.05) is 19.0 Å². The molecule has 1 aliphatic rings. The van der Waals surface area contributed by atoms with Crippen molar-refractivity contribution in [1.82, 2.24) is 9.97 Å². The fourth-order valence-corrected chi connectivity index (χ4v) is 2.88. The highest BCUT2D eigenvalue weighted by Crippen LogP contribution is 2.25. The zero-order valence-corrected chi connectivity index (χ0v) is 12.4. The van der Waals surface area contributed by atoms with E-state index in [0.717, 1.165) is 24.4 Å². The van der Waals surface area contributed by atoms with Crippen molar-refractivity contribution in [3.05, 3.63) is 17.6 Å².